The third-order valence-electron chi connectivity index (χ3n) is 0.911. The zero-order valence-electron chi connectivity index (χ0n) is 5.78. The van der Waals surface area contributed by atoms with Crippen molar-refractivity contribution in [3.05, 3.63) is 0 Å². The highest BCUT2D eigenvalue weighted by Gasteiger charge is 2.05. The van der Waals surface area contributed by atoms with E-state index in [4.69, 9.17) is 0 Å². The van der Waals surface area contributed by atoms with Crippen LogP contribution in [0.5, 0.6) is 0 Å². The number of amides is 1. The summed E-state index contributed by atoms with van der Waals surface area (Å²) in [6.45, 7) is 4.61. The van der Waals surface area contributed by atoms with Gasteiger partial charge in [-0.25, -0.2) is 0 Å². The van der Waals surface area contributed by atoms with Gasteiger partial charge < -0.3 is 5.32 Å². The van der Waals surface area contributed by atoms with Crippen molar-refractivity contribution in [1.82, 2.24) is 5.32 Å². The van der Waals surface area contributed by atoms with Crippen molar-refractivity contribution < 1.29 is 4.79 Å². The number of alkyl halides is 1. The highest BCUT2D eigenvalue weighted by molar-refractivity contribution is 9.10. The first-order valence-corrected chi connectivity index (χ1v) is 4.01. The van der Waals surface area contributed by atoms with Crippen LogP contribution in [0.25, 0.3) is 0 Å². The van der Waals surface area contributed by atoms with E-state index < -0.39 is 0 Å². The fourth-order valence-electron chi connectivity index (χ4n) is 0.389. The highest BCUT2D eigenvalue weighted by atomic mass is 79.9. The summed E-state index contributed by atoms with van der Waals surface area (Å²) in [6, 6.07) is 0. The molecule has 0 rings (SSSR count). The second-order valence-corrected chi connectivity index (χ2v) is 3.28. The molecule has 2 nitrogen and oxygen atoms in total. The lowest BCUT2D eigenvalue weighted by Crippen LogP contribution is -2.29. The molecule has 0 aromatic heterocycles. The van der Waals surface area contributed by atoms with Crippen molar-refractivity contribution >= 4 is 21.8 Å². The normalized spacial score (nSPS) is 12.8. The van der Waals surface area contributed by atoms with Gasteiger partial charge in [0.1, 0.15) is 0 Å². The molecule has 0 spiro atoms. The van der Waals surface area contributed by atoms with E-state index in [1.165, 1.54) is 0 Å². The summed E-state index contributed by atoms with van der Waals surface area (Å²) in [6.07, 6.45) is 0.992. The van der Waals surface area contributed by atoms with E-state index in [0.717, 1.165) is 13.0 Å². The molecule has 0 unspecified atom stereocenters. The van der Waals surface area contributed by atoms with Gasteiger partial charge in [0, 0.05) is 6.54 Å². The summed E-state index contributed by atoms with van der Waals surface area (Å²) in [5, 5.41) is 2.75. The Bertz CT molecular complexity index is 93.1. The van der Waals surface area contributed by atoms with E-state index in [1.54, 1.807) is 0 Å². The standard InChI is InChI=1S/C6H12BrNO/c1-3-4-8-6(9)5(2)7/h5H,3-4H2,1-2H3,(H,8,9)/t5-/m1/s1. The number of rotatable bonds is 3. The summed E-state index contributed by atoms with van der Waals surface area (Å²) in [7, 11) is 0. The number of carbonyl (C=O) groups is 1. The quantitative estimate of drug-likeness (QED) is 0.674. The first-order chi connectivity index (χ1) is 4.18. The topological polar surface area (TPSA) is 29.1 Å². The average molecular weight is 194 g/mol. The summed E-state index contributed by atoms with van der Waals surface area (Å²) in [5.74, 6) is 0.0665. The lowest BCUT2D eigenvalue weighted by atomic mass is 10.4. The predicted molar refractivity (Wildman–Crippen MR) is 41.7 cm³/mol. The largest absolute Gasteiger partial charge is 0.355 e. The van der Waals surface area contributed by atoms with E-state index in [2.05, 4.69) is 21.2 Å². The Morgan fingerprint density at radius 3 is 2.67 bits per heavy atom. The zero-order valence-corrected chi connectivity index (χ0v) is 7.36. The van der Waals surface area contributed by atoms with Gasteiger partial charge in [-0.05, 0) is 13.3 Å². The third kappa shape index (κ3) is 4.45. The van der Waals surface area contributed by atoms with Gasteiger partial charge in [0.2, 0.25) is 5.91 Å². The molecule has 3 heteroatoms. The van der Waals surface area contributed by atoms with E-state index >= 15 is 0 Å². The molecule has 1 amide bonds. The van der Waals surface area contributed by atoms with Gasteiger partial charge >= 0.3 is 0 Å². The Hall–Kier alpha value is -0.0500. The molecule has 1 N–H and O–H groups in total. The van der Waals surface area contributed by atoms with Crippen LogP contribution >= 0.6 is 15.9 Å². The summed E-state index contributed by atoms with van der Waals surface area (Å²) >= 11 is 3.16. The van der Waals surface area contributed by atoms with E-state index in [9.17, 15) is 4.79 Å². The van der Waals surface area contributed by atoms with Crippen LogP contribution in [0.2, 0.25) is 0 Å². The summed E-state index contributed by atoms with van der Waals surface area (Å²) in [4.78, 5) is 10.7. The lowest BCUT2D eigenvalue weighted by Gasteiger charge is -2.03. The number of carbonyl (C=O) groups excluding carboxylic acids is 1. The van der Waals surface area contributed by atoms with Gasteiger partial charge in [-0.1, -0.05) is 22.9 Å². The Kier molecular flexibility index (Phi) is 4.77. The molecule has 0 bridgehead atoms. The lowest BCUT2D eigenvalue weighted by molar-refractivity contribution is -0.120. The van der Waals surface area contributed by atoms with Crippen LogP contribution in [-0.2, 0) is 4.79 Å². The maximum absolute atomic E-state index is 10.7. The molecule has 1 atom stereocenters. The van der Waals surface area contributed by atoms with Gasteiger partial charge in [-0.3, -0.25) is 4.79 Å². The third-order valence-corrected chi connectivity index (χ3v) is 1.33. The molecular formula is C6H12BrNO. The van der Waals surface area contributed by atoms with Crippen LogP contribution in [-0.4, -0.2) is 17.3 Å². The first-order valence-electron chi connectivity index (χ1n) is 3.10. The molecule has 0 aliphatic rings. The second-order valence-electron chi connectivity index (χ2n) is 1.91. The summed E-state index contributed by atoms with van der Waals surface area (Å²) < 4.78 is 0. The minimum atomic E-state index is -0.0657. The second kappa shape index (κ2) is 4.79. The molecule has 0 aromatic carbocycles. The number of hydrogen-bond acceptors (Lipinski definition) is 1. The Balaban J connectivity index is 3.28. The molecule has 0 aromatic rings. The van der Waals surface area contributed by atoms with Crippen molar-refractivity contribution in [2.45, 2.75) is 25.1 Å². The molecule has 0 fully saturated rings. The maximum atomic E-state index is 10.7. The Morgan fingerprint density at radius 1 is 1.78 bits per heavy atom. The van der Waals surface area contributed by atoms with Crippen molar-refractivity contribution in [3.8, 4) is 0 Å². The van der Waals surface area contributed by atoms with Gasteiger partial charge in [0.25, 0.3) is 0 Å². The van der Waals surface area contributed by atoms with Crippen LogP contribution in [0.3, 0.4) is 0 Å². The molecule has 0 saturated heterocycles. The number of halogens is 1. The molecule has 0 aliphatic heterocycles. The molecule has 0 saturated carbocycles. The maximum Gasteiger partial charge on any atom is 0.233 e. The van der Waals surface area contributed by atoms with Crippen LogP contribution in [0, 0.1) is 0 Å². The highest BCUT2D eigenvalue weighted by Crippen LogP contribution is 1.95. The van der Waals surface area contributed by atoms with E-state index in [-0.39, 0.29) is 10.7 Å². The Labute approximate surface area is 64.1 Å². The van der Waals surface area contributed by atoms with Gasteiger partial charge in [-0.15, -0.1) is 0 Å². The van der Waals surface area contributed by atoms with Crippen LogP contribution < -0.4 is 5.32 Å². The predicted octanol–water partition coefficient (Wildman–Crippen LogP) is 1.30. The number of hydrogen-bond donors (Lipinski definition) is 1. The summed E-state index contributed by atoms with van der Waals surface area (Å²) in [5.41, 5.74) is 0. The molecule has 0 heterocycles. The zero-order chi connectivity index (χ0) is 7.28. The van der Waals surface area contributed by atoms with Crippen molar-refractivity contribution in [2.24, 2.45) is 0 Å². The molecule has 9 heavy (non-hydrogen) atoms. The Morgan fingerprint density at radius 2 is 2.33 bits per heavy atom. The minimum absolute atomic E-state index is 0.0657. The molecular weight excluding hydrogens is 182 g/mol. The van der Waals surface area contributed by atoms with Gasteiger partial charge in [0.15, 0.2) is 0 Å². The van der Waals surface area contributed by atoms with Crippen molar-refractivity contribution in [3.63, 3.8) is 0 Å². The monoisotopic (exact) mass is 193 g/mol. The fraction of sp³-hybridized carbons (Fsp3) is 0.833. The van der Waals surface area contributed by atoms with E-state index in [1.807, 2.05) is 13.8 Å². The van der Waals surface area contributed by atoms with Crippen LogP contribution in [0.15, 0.2) is 0 Å². The van der Waals surface area contributed by atoms with Crippen LogP contribution in [0.1, 0.15) is 20.3 Å². The van der Waals surface area contributed by atoms with E-state index in [0.29, 0.717) is 0 Å². The van der Waals surface area contributed by atoms with Gasteiger partial charge in [-0.2, -0.15) is 0 Å². The SMILES string of the molecule is CCCNC(=O)[C@@H](C)Br. The van der Waals surface area contributed by atoms with Crippen LogP contribution in [0.4, 0.5) is 0 Å². The number of nitrogens with one attached hydrogen (secondary N) is 1. The molecule has 54 valence electrons. The minimum Gasteiger partial charge on any atom is -0.355 e. The average Bonchev–Trinajstić information content (AvgIpc) is 1.82. The van der Waals surface area contributed by atoms with Crippen molar-refractivity contribution in [2.75, 3.05) is 6.54 Å². The van der Waals surface area contributed by atoms with Gasteiger partial charge in [0.05, 0.1) is 4.83 Å². The molecule has 0 radical (unpaired) electrons. The fourth-order valence-corrected chi connectivity index (χ4v) is 0.551. The molecule has 0 aliphatic carbocycles. The smallest absolute Gasteiger partial charge is 0.233 e. The van der Waals surface area contributed by atoms with Crippen molar-refractivity contribution in [1.29, 1.82) is 0 Å². The first kappa shape index (κ1) is 8.95.